The summed E-state index contributed by atoms with van der Waals surface area (Å²) >= 11 is 1.75. The molecule has 23 heavy (non-hydrogen) atoms. The van der Waals surface area contributed by atoms with E-state index in [0.29, 0.717) is 0 Å². The minimum Gasteiger partial charge on any atom is -0.497 e. The maximum absolute atomic E-state index is 5.21. The molecule has 4 rings (SSSR count). The smallest absolute Gasteiger partial charge is 0.118 e. The quantitative estimate of drug-likeness (QED) is 0.562. The van der Waals surface area contributed by atoms with Gasteiger partial charge in [0.25, 0.3) is 0 Å². The summed E-state index contributed by atoms with van der Waals surface area (Å²) in [5.74, 6) is 1.75. The summed E-state index contributed by atoms with van der Waals surface area (Å²) < 4.78 is 7.42. The first-order valence-electron chi connectivity index (χ1n) is 7.32. The van der Waals surface area contributed by atoms with Crippen LogP contribution in [0.4, 0.5) is 0 Å². The van der Waals surface area contributed by atoms with Gasteiger partial charge in [0, 0.05) is 11.1 Å². The van der Waals surface area contributed by atoms with Gasteiger partial charge in [-0.15, -0.1) is 0 Å². The summed E-state index contributed by atoms with van der Waals surface area (Å²) in [7, 11) is 1.68. The molecule has 0 bridgehead atoms. The molecule has 0 aliphatic rings. The molecule has 0 saturated heterocycles. The number of aromatic nitrogens is 3. The predicted octanol–water partition coefficient (Wildman–Crippen LogP) is 4.29. The molecule has 2 heterocycles. The van der Waals surface area contributed by atoms with Crippen molar-refractivity contribution in [2.24, 2.45) is 0 Å². The number of hydrogen-bond acceptors (Lipinski definition) is 4. The van der Waals surface area contributed by atoms with Gasteiger partial charge in [0.15, 0.2) is 0 Å². The molecule has 0 saturated carbocycles. The van der Waals surface area contributed by atoms with E-state index in [9.17, 15) is 0 Å². The Morgan fingerprint density at radius 3 is 2.70 bits per heavy atom. The summed E-state index contributed by atoms with van der Waals surface area (Å²) in [6, 6.07) is 16.5. The predicted molar refractivity (Wildman–Crippen MR) is 94.7 cm³/mol. The van der Waals surface area contributed by atoms with Gasteiger partial charge in [-0.1, -0.05) is 30.3 Å². The van der Waals surface area contributed by atoms with Gasteiger partial charge in [-0.3, -0.25) is 3.97 Å². The van der Waals surface area contributed by atoms with Gasteiger partial charge in [0.1, 0.15) is 17.6 Å². The topological polar surface area (TPSA) is 39.9 Å². The molecule has 0 spiro atoms. The fourth-order valence-electron chi connectivity index (χ4n) is 2.66. The molecular formula is C18H15N3OS. The van der Waals surface area contributed by atoms with Crippen LogP contribution in [0.2, 0.25) is 0 Å². The van der Waals surface area contributed by atoms with Gasteiger partial charge in [0.05, 0.1) is 24.3 Å². The monoisotopic (exact) mass is 321 g/mol. The molecule has 0 atom stereocenters. The molecule has 5 heteroatoms. The Morgan fingerprint density at radius 2 is 1.87 bits per heavy atom. The highest BCUT2D eigenvalue weighted by atomic mass is 32.2. The van der Waals surface area contributed by atoms with Crippen molar-refractivity contribution in [3.05, 3.63) is 66.6 Å². The Kier molecular flexibility index (Phi) is 3.63. The third-order valence-electron chi connectivity index (χ3n) is 3.81. The summed E-state index contributed by atoms with van der Waals surface area (Å²) in [6.45, 7) is 0. The van der Waals surface area contributed by atoms with E-state index in [1.54, 1.807) is 25.4 Å². The van der Waals surface area contributed by atoms with Gasteiger partial charge < -0.3 is 4.74 Å². The Morgan fingerprint density at radius 1 is 1.04 bits per heavy atom. The van der Waals surface area contributed by atoms with Gasteiger partial charge in [0.2, 0.25) is 0 Å². The lowest BCUT2D eigenvalue weighted by molar-refractivity contribution is 0.414. The minimum absolute atomic E-state index is 0.868. The highest BCUT2D eigenvalue weighted by molar-refractivity contribution is 7.97. The van der Waals surface area contributed by atoms with Gasteiger partial charge >= 0.3 is 0 Å². The van der Waals surface area contributed by atoms with Crippen LogP contribution >= 0.6 is 11.9 Å². The summed E-state index contributed by atoms with van der Waals surface area (Å²) in [6.07, 6.45) is 3.48. The van der Waals surface area contributed by atoms with Crippen LogP contribution in [0.1, 0.15) is 5.56 Å². The zero-order valence-electron chi connectivity index (χ0n) is 12.6. The number of para-hydroxylation sites is 1. The lowest BCUT2D eigenvalue weighted by Crippen LogP contribution is -1.90. The summed E-state index contributed by atoms with van der Waals surface area (Å²) in [5.41, 5.74) is 4.46. The average molecular weight is 321 g/mol. The molecule has 4 nitrogen and oxygen atoms in total. The van der Waals surface area contributed by atoms with E-state index in [1.807, 2.05) is 24.4 Å². The summed E-state index contributed by atoms with van der Waals surface area (Å²) in [5, 5.41) is 1.16. The van der Waals surface area contributed by atoms with E-state index in [-0.39, 0.29) is 0 Å². The van der Waals surface area contributed by atoms with E-state index in [2.05, 4.69) is 44.3 Å². The second-order valence-corrected chi connectivity index (χ2v) is 6.10. The Bertz CT molecular complexity index is 910. The van der Waals surface area contributed by atoms with Crippen LogP contribution in [0.5, 0.6) is 5.75 Å². The molecule has 114 valence electrons. The molecule has 0 radical (unpaired) electrons. The van der Waals surface area contributed by atoms with Crippen LogP contribution in [0.25, 0.3) is 21.9 Å². The molecule has 0 aliphatic heterocycles. The molecule has 0 amide bonds. The van der Waals surface area contributed by atoms with Gasteiger partial charge in [-0.05, 0) is 35.7 Å². The van der Waals surface area contributed by atoms with Crippen molar-refractivity contribution < 1.29 is 4.74 Å². The summed E-state index contributed by atoms with van der Waals surface area (Å²) in [4.78, 5) is 8.63. The van der Waals surface area contributed by atoms with E-state index in [1.165, 1.54) is 11.1 Å². The van der Waals surface area contributed by atoms with E-state index in [0.717, 1.165) is 27.9 Å². The van der Waals surface area contributed by atoms with E-state index < -0.39 is 0 Å². The zero-order chi connectivity index (χ0) is 15.6. The second-order valence-electron chi connectivity index (χ2n) is 5.19. The number of nitrogens with zero attached hydrogens (tertiary/aromatic N) is 3. The number of rotatable bonds is 4. The third kappa shape index (κ3) is 2.53. The third-order valence-corrected chi connectivity index (χ3v) is 4.92. The first-order chi connectivity index (χ1) is 11.4. The van der Waals surface area contributed by atoms with Crippen LogP contribution in [-0.2, 0) is 5.75 Å². The zero-order valence-corrected chi connectivity index (χ0v) is 13.5. The van der Waals surface area contributed by atoms with Crippen molar-refractivity contribution >= 4 is 33.9 Å². The maximum Gasteiger partial charge on any atom is 0.118 e. The SMILES string of the molecule is COc1ccc(CSn2c3ccccc3c3ncncc32)cc1. The van der Waals surface area contributed by atoms with Crippen molar-refractivity contribution in [3.63, 3.8) is 0 Å². The molecular weight excluding hydrogens is 306 g/mol. The fourth-order valence-corrected chi connectivity index (χ4v) is 3.70. The minimum atomic E-state index is 0.868. The highest BCUT2D eigenvalue weighted by Crippen LogP contribution is 2.31. The largest absolute Gasteiger partial charge is 0.497 e. The average Bonchev–Trinajstić information content (AvgIpc) is 2.94. The van der Waals surface area contributed by atoms with Gasteiger partial charge in [-0.2, -0.15) is 0 Å². The Balaban J connectivity index is 1.72. The maximum atomic E-state index is 5.21. The normalized spacial score (nSPS) is 11.2. The number of fused-ring (bicyclic) bond motifs is 3. The van der Waals surface area contributed by atoms with Crippen LogP contribution in [-0.4, -0.2) is 21.1 Å². The molecule has 0 unspecified atom stereocenters. The van der Waals surface area contributed by atoms with Crippen LogP contribution < -0.4 is 4.74 Å². The second kappa shape index (κ2) is 5.93. The molecule has 0 aliphatic carbocycles. The lowest BCUT2D eigenvalue weighted by atomic mass is 10.2. The highest BCUT2D eigenvalue weighted by Gasteiger charge is 2.11. The number of methoxy groups -OCH3 is 1. The van der Waals surface area contributed by atoms with Crippen LogP contribution in [0, 0.1) is 0 Å². The fraction of sp³-hybridized carbons (Fsp3) is 0.111. The number of benzene rings is 2. The van der Waals surface area contributed by atoms with Crippen LogP contribution in [0.3, 0.4) is 0 Å². The first-order valence-corrected chi connectivity index (χ1v) is 8.26. The Labute approximate surface area is 138 Å². The molecule has 0 fully saturated rings. The lowest BCUT2D eigenvalue weighted by Gasteiger charge is -2.07. The van der Waals surface area contributed by atoms with Crippen molar-refractivity contribution in [1.29, 1.82) is 0 Å². The van der Waals surface area contributed by atoms with Crippen molar-refractivity contribution in [3.8, 4) is 5.75 Å². The first kappa shape index (κ1) is 14.1. The van der Waals surface area contributed by atoms with Crippen molar-refractivity contribution in [1.82, 2.24) is 13.9 Å². The van der Waals surface area contributed by atoms with Crippen molar-refractivity contribution in [2.75, 3.05) is 7.11 Å². The van der Waals surface area contributed by atoms with E-state index >= 15 is 0 Å². The van der Waals surface area contributed by atoms with E-state index in [4.69, 9.17) is 4.74 Å². The van der Waals surface area contributed by atoms with Crippen molar-refractivity contribution in [2.45, 2.75) is 5.75 Å². The number of hydrogen-bond donors (Lipinski definition) is 0. The molecule has 4 aromatic rings. The number of ether oxygens (including phenoxy) is 1. The molecule has 2 aromatic carbocycles. The molecule has 0 N–H and O–H groups in total. The standard InChI is InChI=1S/C18H15N3OS/c1-22-14-8-6-13(7-9-14)11-23-21-16-5-3-2-4-15(16)18-17(21)10-19-12-20-18/h2-10,12H,11H2,1H3. The van der Waals surface area contributed by atoms with Crippen LogP contribution in [0.15, 0.2) is 61.1 Å². The molecule has 2 aromatic heterocycles. The van der Waals surface area contributed by atoms with Gasteiger partial charge in [-0.25, -0.2) is 9.97 Å². The Hall–Kier alpha value is -2.53.